The molecule has 4 aromatic heterocycles. The second kappa shape index (κ2) is 43.8. The molecule has 632 valence electrons. The third-order valence-electron chi connectivity index (χ3n) is 25.5. The Hall–Kier alpha value is -6.57. The van der Waals surface area contributed by atoms with Gasteiger partial charge in [-0.3, -0.25) is 38.9 Å². The number of rotatable bonds is 15. The van der Waals surface area contributed by atoms with Crippen LogP contribution in [-0.4, -0.2) is 105 Å². The molecule has 8 fully saturated rings. The number of nitrogens with zero attached hydrogens (tertiary/aromatic N) is 4. The molecular weight excluding hydrogens is 1620 g/mol. The van der Waals surface area contributed by atoms with Gasteiger partial charge in [-0.2, -0.15) is 0 Å². The third-order valence-corrected chi connectivity index (χ3v) is 28.1. The van der Waals surface area contributed by atoms with Crippen molar-refractivity contribution < 1.29 is 140 Å². The van der Waals surface area contributed by atoms with Gasteiger partial charge in [-0.25, -0.2) is 22.4 Å². The molecule has 5 aromatic carbocycles. The van der Waals surface area contributed by atoms with Crippen molar-refractivity contribution in [2.24, 2.45) is 53.3 Å². The van der Waals surface area contributed by atoms with E-state index in [1.807, 2.05) is 50.6 Å². The fraction of sp³-hybridized carbons (Fsp3) is 0.462. The summed E-state index contributed by atoms with van der Waals surface area (Å²) in [5.74, 6) is 3.84. The molecule has 5 unspecified atom stereocenters. The molecule has 0 bridgehead atoms. The van der Waals surface area contributed by atoms with E-state index < -0.39 is 25.2 Å². The Morgan fingerprint density at radius 3 is 1.27 bits per heavy atom. The van der Waals surface area contributed by atoms with Crippen LogP contribution >= 0.6 is 31.6 Å². The minimum absolute atomic E-state index is 0. The van der Waals surface area contributed by atoms with Gasteiger partial charge >= 0.3 is 84.6 Å². The summed E-state index contributed by atoms with van der Waals surface area (Å²) in [6.45, 7) is 14.7. The SMILES string of the molecule is CC(C(=O)O)C1=C[C@H]2C[C@@H](c3ccnc4ccc(F)cc34)C[C@H]2C1.CCOC(=O)C(C)=C1C[C@@H]2CC(c3ccnc4ccc(F)cc34)C[C@@H]2C1.CCOC(=O)C(C)P(=O)(OCC)OCC.Cl.Fc1ccc2nccc(C3C[C@@H]4CC5(C[C@@H]4C3)OCCO5)c2c1.Nc1ccc(Cl)cc1.O=C1C[C@@H]2CC(c3ccnc4ccc(F)cc34)C[C@@H]2C1.[H-].[Na+].[Na+].[OH-]. The number of aromatic nitrogens is 4. The van der Waals surface area contributed by atoms with Crippen LogP contribution in [0.4, 0.5) is 23.2 Å². The number of anilines is 1. The van der Waals surface area contributed by atoms with Gasteiger partial charge in [0.2, 0.25) is 0 Å². The summed E-state index contributed by atoms with van der Waals surface area (Å²) >= 11 is 5.56. The average Bonchev–Trinajstić information content (AvgIpc) is 1.56. The first-order valence-electron chi connectivity index (χ1n) is 41.1. The van der Waals surface area contributed by atoms with Gasteiger partial charge in [-0.1, -0.05) is 28.8 Å². The first-order valence-corrected chi connectivity index (χ1v) is 43.1. The number of benzene rings is 5. The number of carboxylic acids is 1. The van der Waals surface area contributed by atoms with Gasteiger partial charge in [0.15, 0.2) is 11.4 Å². The van der Waals surface area contributed by atoms with Gasteiger partial charge in [0.25, 0.3) is 0 Å². The number of nitrogen functional groups attached to an aromatic ring is 1. The molecule has 5 heterocycles. The molecule has 18 nitrogen and oxygen atoms in total. The first kappa shape index (κ1) is 97.2. The van der Waals surface area contributed by atoms with Crippen LogP contribution in [0.5, 0.6) is 0 Å². The minimum atomic E-state index is -3.37. The number of carbonyl (C=O) groups is 4. The summed E-state index contributed by atoms with van der Waals surface area (Å²) in [5.41, 5.74) is 16.7. The second-order valence-electron chi connectivity index (χ2n) is 32.6. The van der Waals surface area contributed by atoms with E-state index in [1.165, 1.54) is 59.0 Å². The number of carboxylic acid groups (broad SMARTS) is 1. The van der Waals surface area contributed by atoms with Gasteiger partial charge in [0.05, 0.1) is 67.6 Å². The van der Waals surface area contributed by atoms with Crippen LogP contribution in [0.3, 0.4) is 0 Å². The van der Waals surface area contributed by atoms with Crippen molar-refractivity contribution >= 4 is 105 Å². The molecular formula is C93H108Cl2F4N5Na2O13P. The van der Waals surface area contributed by atoms with Gasteiger partial charge in [0, 0.05) is 88.3 Å². The van der Waals surface area contributed by atoms with Crippen LogP contribution in [0.15, 0.2) is 169 Å². The predicted molar refractivity (Wildman–Crippen MR) is 452 cm³/mol. The van der Waals surface area contributed by atoms with E-state index >= 15 is 0 Å². The maximum atomic E-state index is 13.7. The predicted octanol–water partition coefficient (Wildman–Crippen LogP) is 16.1. The standard InChI is InChI=1S/C22H24FNO2.C20H20FNO2.C19H20FNO2.C17H16FNO.C9H19O5P.C6H6ClN.ClH.2Na.H2O.H/c1-3-26-22(25)13(2)14-8-15-10-17(11-16(15)9-14)19-6-7-24-21-5-4-18(23)12-20(19)21;1-11(20(23)24)12-6-13-8-15(9-14(13)7-12)17-4-5-22-19-3-2-16(21)10-18(17)19;20-15-1-2-18-17(9-15)16(3-4-21-18)12-7-13-10-19(11-14(13)8-12)22-5-6-23-19;18-13-1-2-17-16(9-13)15(3-4-19-17)12-5-10-7-14(20)8-11(10)6-12;1-5-12-9(10)8(4)15(11,13-6-2)14-7-3;7-5-1-3-6(8)4-2-5;;;;;/h4-7,12,15-17H,3,8-11H2,1-2H3;2-6,10-11,13-15H,7-9H2,1H3,(H,23,24);1-4,9,12-14H,5-8,10-11H2;1-4,9-12H,5-8H2;8H,5-7H2,1-4H3;1-4H,8H2;1H;;;1H2;/q;;;;;;;2*+1;;-1/p-1/t15-,16+,17?;11?,13-,14+,15+;12?,13-,14+;10-,11+,12?;;;;;;;/m.0........./s1. The molecule has 120 heavy (non-hydrogen) atoms. The molecule has 27 heteroatoms. The molecule has 8 aliphatic carbocycles. The van der Waals surface area contributed by atoms with Gasteiger partial charge in [-0.05, 0) is 334 Å². The third kappa shape index (κ3) is 23.1. The van der Waals surface area contributed by atoms with Crippen molar-refractivity contribution in [3.63, 3.8) is 0 Å². The topological polar surface area (TPSA) is 269 Å². The summed E-state index contributed by atoms with van der Waals surface area (Å²) in [6, 6.07) is 34.5. The Labute approximate surface area is 756 Å². The number of fused-ring (bicyclic) bond motifs is 8. The zero-order valence-electron chi connectivity index (χ0n) is 70.9. The molecule has 1 aliphatic heterocycles. The van der Waals surface area contributed by atoms with E-state index in [4.69, 9.17) is 45.3 Å². The molecule has 7 saturated carbocycles. The minimum Gasteiger partial charge on any atom is -1.00 e. The van der Waals surface area contributed by atoms with Crippen LogP contribution in [0.1, 0.15) is 192 Å². The Bertz CT molecular complexity index is 5120. The van der Waals surface area contributed by atoms with E-state index in [2.05, 4.69) is 32.1 Å². The number of halogens is 6. The van der Waals surface area contributed by atoms with Gasteiger partial charge in [-0.15, -0.1) is 12.4 Å². The van der Waals surface area contributed by atoms with Crippen molar-refractivity contribution in [1.82, 2.24) is 19.9 Å². The Morgan fingerprint density at radius 2 is 0.908 bits per heavy atom. The molecule has 1 spiro atoms. The Balaban J connectivity index is 0.000000183. The summed E-state index contributed by atoms with van der Waals surface area (Å²) < 4.78 is 98.4. The molecule has 1 saturated heterocycles. The molecule has 9 aliphatic rings. The fourth-order valence-corrected chi connectivity index (χ4v) is 21.7. The number of nitrogens with two attached hydrogens (primary N) is 1. The number of esters is 2. The van der Waals surface area contributed by atoms with E-state index in [0.717, 1.165) is 175 Å². The molecule has 14 atom stereocenters. The number of allylic oxidation sites excluding steroid dienone is 2. The maximum Gasteiger partial charge on any atom is 1.00 e. The van der Waals surface area contributed by atoms with E-state index in [9.17, 15) is 46.4 Å². The quantitative estimate of drug-likeness (QED) is 0.0184. The number of hydrogen-bond donors (Lipinski definition) is 2. The van der Waals surface area contributed by atoms with Gasteiger partial charge in [0.1, 0.15) is 29.1 Å². The van der Waals surface area contributed by atoms with Crippen LogP contribution in [0.2, 0.25) is 5.02 Å². The number of carbonyl (C=O) groups excluding carboxylic acids is 3. The van der Waals surface area contributed by atoms with Crippen LogP contribution in [0, 0.1) is 76.5 Å². The monoisotopic (exact) mass is 1730 g/mol. The van der Waals surface area contributed by atoms with Crippen LogP contribution in [-0.2, 0) is 51.7 Å². The van der Waals surface area contributed by atoms with Crippen LogP contribution in [0.25, 0.3) is 43.6 Å². The molecule has 18 rings (SSSR count). The zero-order chi connectivity index (χ0) is 82.1. The van der Waals surface area contributed by atoms with Gasteiger partial charge < -0.3 is 45.7 Å². The summed E-state index contributed by atoms with van der Waals surface area (Å²) in [7, 11) is -3.37. The second-order valence-corrected chi connectivity index (χ2v) is 35.4. The van der Waals surface area contributed by atoms with E-state index in [-0.39, 0.29) is 139 Å². The van der Waals surface area contributed by atoms with E-state index in [0.29, 0.717) is 83.4 Å². The van der Waals surface area contributed by atoms with Crippen molar-refractivity contribution in [3.8, 4) is 0 Å². The van der Waals surface area contributed by atoms with Crippen molar-refractivity contribution in [2.75, 3.05) is 45.4 Å². The normalized spacial score (nSPS) is 24.5. The smallest absolute Gasteiger partial charge is 1.00 e. The zero-order valence-corrected chi connectivity index (χ0v) is 76.3. The molecule has 0 amide bonds. The number of hydrogen-bond acceptors (Lipinski definition) is 17. The number of aliphatic carboxylic acids is 1. The first-order chi connectivity index (χ1) is 55.8. The molecule has 4 N–H and O–H groups in total. The number of Topliss-reactive ketones (excluding diaryl/α,β-unsaturated/α-hetero) is 1. The number of ketones is 1. The van der Waals surface area contributed by atoms with Crippen LogP contribution < -0.4 is 64.8 Å². The van der Waals surface area contributed by atoms with Crippen molar-refractivity contribution in [3.05, 3.63) is 219 Å². The number of ether oxygens (including phenoxy) is 4. The summed E-state index contributed by atoms with van der Waals surface area (Å²) in [4.78, 5) is 63.5. The summed E-state index contributed by atoms with van der Waals surface area (Å²) in [6.07, 6.45) is 24.5. The molecule has 0 radical (unpaired) electrons. The van der Waals surface area contributed by atoms with Crippen molar-refractivity contribution in [1.29, 1.82) is 0 Å². The van der Waals surface area contributed by atoms with Crippen molar-refractivity contribution in [2.45, 2.75) is 180 Å². The largest absolute Gasteiger partial charge is 1.00 e. The summed E-state index contributed by atoms with van der Waals surface area (Å²) in [5, 5.41) is 13.7. The maximum absolute atomic E-state index is 13.7. The average molecular weight is 1730 g/mol. The number of pyridine rings is 4. The van der Waals surface area contributed by atoms with E-state index in [1.54, 1.807) is 107 Å². The Kier molecular flexibility index (Phi) is 35.5. The molecule has 9 aromatic rings. The Morgan fingerprint density at radius 1 is 0.542 bits per heavy atom. The fourth-order valence-electron chi connectivity index (χ4n) is 20.0.